The highest BCUT2D eigenvalue weighted by Crippen LogP contribution is 2.39. The van der Waals surface area contributed by atoms with Gasteiger partial charge >= 0.3 is 0 Å². The number of nitrogens with two attached hydrogens (primary N) is 2. The zero-order chi connectivity index (χ0) is 20.5. The highest BCUT2D eigenvalue weighted by molar-refractivity contribution is 9.10. The lowest BCUT2D eigenvalue weighted by atomic mass is 9.93. The molecule has 2 atom stereocenters. The first-order chi connectivity index (χ1) is 13.2. The van der Waals surface area contributed by atoms with E-state index in [1.807, 2.05) is 0 Å². The summed E-state index contributed by atoms with van der Waals surface area (Å²) in [7, 11) is 0. The van der Waals surface area contributed by atoms with Gasteiger partial charge in [-0.2, -0.15) is 0 Å². The van der Waals surface area contributed by atoms with E-state index in [1.165, 1.54) is 0 Å². The number of rotatable bonds is 5. The number of carbonyl (C=O) groups excluding carboxylic acids is 3. The van der Waals surface area contributed by atoms with Crippen molar-refractivity contribution in [2.45, 2.75) is 24.5 Å². The maximum Gasteiger partial charge on any atom is 0.268 e. The minimum absolute atomic E-state index is 0.0438. The molecule has 28 heavy (non-hydrogen) atoms. The Morgan fingerprint density at radius 3 is 2.75 bits per heavy atom. The number of anilines is 1. The molecule has 1 saturated heterocycles. The average molecular weight is 451 g/mol. The first-order valence-corrected chi connectivity index (χ1v) is 9.24. The van der Waals surface area contributed by atoms with Crippen LogP contribution in [0.2, 0.25) is 0 Å². The highest BCUT2D eigenvalue weighted by atomic mass is 79.9. The summed E-state index contributed by atoms with van der Waals surface area (Å²) < 4.78 is 0.718. The summed E-state index contributed by atoms with van der Waals surface area (Å²) >= 11 is 3.29. The van der Waals surface area contributed by atoms with Gasteiger partial charge in [0.15, 0.2) is 11.6 Å². The molecule has 1 fully saturated rings. The van der Waals surface area contributed by atoms with Crippen molar-refractivity contribution in [3.05, 3.63) is 40.0 Å². The molecule has 148 valence electrons. The number of aliphatic hydroxyl groups is 1. The monoisotopic (exact) mass is 450 g/mol. The van der Waals surface area contributed by atoms with Crippen molar-refractivity contribution in [1.29, 1.82) is 0 Å². The summed E-state index contributed by atoms with van der Waals surface area (Å²) in [6.45, 7) is 0.330. The minimum atomic E-state index is -2.07. The summed E-state index contributed by atoms with van der Waals surface area (Å²) in [6.07, 6.45) is 1.87. The van der Waals surface area contributed by atoms with E-state index in [-0.39, 0.29) is 17.2 Å². The molecule has 1 aromatic carbocycles. The maximum atomic E-state index is 12.4. The fourth-order valence-corrected chi connectivity index (χ4v) is 3.39. The van der Waals surface area contributed by atoms with Gasteiger partial charge in [-0.25, -0.2) is 0 Å². The fraction of sp³-hybridized carbons (Fsp3) is 0.294. The molecule has 2 aliphatic heterocycles. The molecular formula is C17H19BrN6O4. The van der Waals surface area contributed by atoms with Crippen LogP contribution in [0.5, 0.6) is 0 Å². The van der Waals surface area contributed by atoms with Crippen LogP contribution in [0.1, 0.15) is 18.4 Å². The number of nitrogens with zero attached hydrogens (tertiary/aromatic N) is 1. The van der Waals surface area contributed by atoms with E-state index in [0.717, 1.165) is 10.5 Å². The Kier molecular flexibility index (Phi) is 5.38. The first-order valence-electron chi connectivity index (χ1n) is 8.44. The standard InChI is InChI=1S/C17H19BrN6O4/c18-8-3-4-9-11(6-8)24-15(27)17(9,28)7-12-14(26)22-10(13(25)23-12)2-1-5-21-16(19)20/h3-4,6-7,10,28H,1-2,5H2,(H,22,26)(H,23,25)(H,24,27)(H4,19,20,21)/b12-7-/t10-,17+/m0/s1. The predicted octanol–water partition coefficient (Wildman–Crippen LogP) is -0.859. The molecule has 0 saturated carbocycles. The summed E-state index contributed by atoms with van der Waals surface area (Å²) in [4.78, 5) is 40.8. The Labute approximate surface area is 168 Å². The zero-order valence-electron chi connectivity index (χ0n) is 14.7. The number of hydrogen-bond acceptors (Lipinski definition) is 5. The topological polar surface area (TPSA) is 172 Å². The van der Waals surface area contributed by atoms with Crippen LogP contribution in [0.4, 0.5) is 5.69 Å². The van der Waals surface area contributed by atoms with Crippen molar-refractivity contribution < 1.29 is 19.5 Å². The molecule has 0 radical (unpaired) electrons. The van der Waals surface area contributed by atoms with Crippen LogP contribution in [0, 0.1) is 0 Å². The second-order valence-corrected chi connectivity index (χ2v) is 7.35. The zero-order valence-corrected chi connectivity index (χ0v) is 16.2. The normalized spacial score (nSPS) is 25.0. The number of guanidine groups is 1. The van der Waals surface area contributed by atoms with Crippen LogP contribution in [0.15, 0.2) is 39.4 Å². The molecule has 0 unspecified atom stereocenters. The van der Waals surface area contributed by atoms with Crippen LogP contribution in [0.25, 0.3) is 0 Å². The summed E-state index contributed by atoms with van der Waals surface area (Å²) in [5.41, 5.74) is 8.90. The van der Waals surface area contributed by atoms with E-state index in [0.29, 0.717) is 25.1 Å². The minimum Gasteiger partial charge on any atom is -0.372 e. The number of hydrogen-bond donors (Lipinski definition) is 6. The van der Waals surface area contributed by atoms with Crippen molar-refractivity contribution in [1.82, 2.24) is 10.6 Å². The Morgan fingerprint density at radius 1 is 1.29 bits per heavy atom. The fourth-order valence-electron chi connectivity index (χ4n) is 3.03. The summed E-state index contributed by atoms with van der Waals surface area (Å²) in [5.74, 6) is -1.81. The number of carbonyl (C=O) groups is 3. The van der Waals surface area contributed by atoms with Gasteiger partial charge in [0.2, 0.25) is 5.91 Å². The number of piperazine rings is 1. The first kappa shape index (κ1) is 19.8. The number of nitrogens with one attached hydrogen (secondary N) is 3. The number of halogens is 1. The van der Waals surface area contributed by atoms with Gasteiger partial charge in [-0.15, -0.1) is 0 Å². The summed E-state index contributed by atoms with van der Waals surface area (Å²) in [5, 5.41) is 18.5. The van der Waals surface area contributed by atoms with Crippen molar-refractivity contribution >= 4 is 45.3 Å². The number of aliphatic imine (C=N–C) groups is 1. The van der Waals surface area contributed by atoms with Gasteiger partial charge < -0.3 is 32.5 Å². The second kappa shape index (κ2) is 7.60. The van der Waals surface area contributed by atoms with Crippen molar-refractivity contribution in [2.24, 2.45) is 16.5 Å². The molecule has 2 heterocycles. The molecule has 8 N–H and O–H groups in total. The molecule has 0 spiro atoms. The van der Waals surface area contributed by atoms with E-state index in [4.69, 9.17) is 11.5 Å². The van der Waals surface area contributed by atoms with Gasteiger partial charge in [-0.05, 0) is 31.1 Å². The third-order valence-electron chi connectivity index (χ3n) is 4.41. The lowest BCUT2D eigenvalue weighted by Crippen LogP contribution is -2.55. The third-order valence-corrected chi connectivity index (χ3v) is 4.90. The Bertz CT molecular complexity index is 911. The van der Waals surface area contributed by atoms with Crippen molar-refractivity contribution in [2.75, 3.05) is 11.9 Å². The molecule has 10 nitrogen and oxygen atoms in total. The van der Waals surface area contributed by atoms with Gasteiger partial charge in [0.05, 0.1) is 0 Å². The van der Waals surface area contributed by atoms with Gasteiger partial charge in [-0.1, -0.05) is 22.0 Å². The van der Waals surface area contributed by atoms with Gasteiger partial charge in [0.1, 0.15) is 11.7 Å². The quantitative estimate of drug-likeness (QED) is 0.147. The van der Waals surface area contributed by atoms with E-state index >= 15 is 0 Å². The van der Waals surface area contributed by atoms with E-state index in [2.05, 4.69) is 36.9 Å². The van der Waals surface area contributed by atoms with E-state index in [9.17, 15) is 19.5 Å². The van der Waals surface area contributed by atoms with Crippen LogP contribution < -0.4 is 27.4 Å². The van der Waals surface area contributed by atoms with Crippen LogP contribution in [-0.2, 0) is 20.0 Å². The van der Waals surface area contributed by atoms with E-state index < -0.39 is 29.4 Å². The van der Waals surface area contributed by atoms with Gasteiger partial charge in [0.25, 0.3) is 11.8 Å². The Balaban J connectivity index is 1.76. The van der Waals surface area contributed by atoms with Crippen LogP contribution in [-0.4, -0.2) is 41.4 Å². The molecule has 11 heteroatoms. The Hall–Kier alpha value is -2.92. The van der Waals surface area contributed by atoms with Crippen molar-refractivity contribution in [3.8, 4) is 0 Å². The number of fused-ring (bicyclic) bond motifs is 1. The second-order valence-electron chi connectivity index (χ2n) is 6.43. The number of amides is 3. The summed E-state index contributed by atoms with van der Waals surface area (Å²) in [6, 6.07) is 4.10. The lowest BCUT2D eigenvalue weighted by molar-refractivity contribution is -0.132. The SMILES string of the molecule is NC(N)=NCCC[C@@H]1NC(=O)/C(=C/[C@]2(O)C(=O)Nc3cc(Br)ccc32)NC1=O. The average Bonchev–Trinajstić information content (AvgIpc) is 2.85. The van der Waals surface area contributed by atoms with Gasteiger partial charge in [-0.3, -0.25) is 19.4 Å². The predicted molar refractivity (Wildman–Crippen MR) is 105 cm³/mol. The highest BCUT2D eigenvalue weighted by Gasteiger charge is 2.45. The molecule has 3 rings (SSSR count). The van der Waals surface area contributed by atoms with E-state index in [1.54, 1.807) is 18.2 Å². The Morgan fingerprint density at radius 2 is 2.04 bits per heavy atom. The third kappa shape index (κ3) is 3.85. The molecule has 0 bridgehead atoms. The largest absolute Gasteiger partial charge is 0.372 e. The maximum absolute atomic E-state index is 12.4. The molecule has 1 aromatic rings. The molecular weight excluding hydrogens is 432 g/mol. The van der Waals surface area contributed by atoms with Crippen LogP contribution >= 0.6 is 15.9 Å². The smallest absolute Gasteiger partial charge is 0.268 e. The molecule has 0 aromatic heterocycles. The molecule has 2 aliphatic rings. The van der Waals surface area contributed by atoms with Crippen LogP contribution in [0.3, 0.4) is 0 Å². The molecule has 0 aliphatic carbocycles. The van der Waals surface area contributed by atoms with Crippen molar-refractivity contribution in [3.63, 3.8) is 0 Å². The van der Waals surface area contributed by atoms with Gasteiger partial charge in [0, 0.05) is 22.3 Å². The molecule has 3 amide bonds. The number of benzene rings is 1. The lowest BCUT2D eigenvalue weighted by Gasteiger charge is -2.27.